The molecule has 85 heavy (non-hydrogen) atoms. The Morgan fingerprint density at radius 3 is 2.38 bits per heavy atom. The number of nitrogens with zero attached hydrogens (tertiary/aromatic N) is 6. The quantitative estimate of drug-likeness (QED) is 0.0264. The Bertz CT molecular complexity index is 3420. The first kappa shape index (κ1) is 61.5. The van der Waals surface area contributed by atoms with Gasteiger partial charge in [0.1, 0.15) is 32.2 Å². The number of aryl methyl sites for hydroxylation is 3. The molecule has 2 aromatic carbocycles. The lowest BCUT2D eigenvalue weighted by Gasteiger charge is -2.35. The highest BCUT2D eigenvalue weighted by molar-refractivity contribution is 6.12. The van der Waals surface area contributed by atoms with Crippen molar-refractivity contribution >= 4 is 63.8 Å². The number of nitrogens with one attached hydrogen (secondary N) is 1. The molecule has 9 rings (SSSR count). The molecule has 1 saturated carbocycles. The first-order valence-corrected chi connectivity index (χ1v) is 29.5. The van der Waals surface area contributed by atoms with Crippen molar-refractivity contribution in [1.29, 1.82) is 0 Å². The normalized spacial score (nSPS) is 18.2. The number of esters is 1. The van der Waals surface area contributed by atoms with Gasteiger partial charge in [-0.3, -0.25) is 38.5 Å². The van der Waals surface area contributed by atoms with Crippen LogP contribution in [0.1, 0.15) is 130 Å². The van der Waals surface area contributed by atoms with Gasteiger partial charge in [-0.15, -0.1) is 5.10 Å². The molecular formula is C63H74N8O14. The van der Waals surface area contributed by atoms with Crippen LogP contribution in [0.4, 0.5) is 10.5 Å². The molecule has 3 amide bonds. The first-order chi connectivity index (χ1) is 41.1. The van der Waals surface area contributed by atoms with Crippen molar-refractivity contribution in [2.24, 2.45) is 23.5 Å². The number of hydrogen-bond donors (Lipinski definition) is 2. The zero-order chi connectivity index (χ0) is 60.2. The summed E-state index contributed by atoms with van der Waals surface area (Å²) in [5.41, 5.74) is 10.6. The van der Waals surface area contributed by atoms with E-state index in [0.717, 1.165) is 59.7 Å². The molecular weight excluding hydrogens is 1090 g/mol. The van der Waals surface area contributed by atoms with E-state index in [1.165, 1.54) is 17.1 Å². The maximum absolute atomic E-state index is 14.2. The lowest BCUT2D eigenvalue weighted by atomic mass is 9.79. The van der Waals surface area contributed by atoms with Crippen LogP contribution in [-0.4, -0.2) is 116 Å². The molecule has 4 aliphatic rings. The summed E-state index contributed by atoms with van der Waals surface area (Å²) in [5, 5.41) is 12.2. The van der Waals surface area contributed by atoms with Gasteiger partial charge in [-0.1, -0.05) is 49.2 Å². The number of aromatic nitrogens is 5. The van der Waals surface area contributed by atoms with Crippen molar-refractivity contribution in [3.63, 3.8) is 0 Å². The predicted octanol–water partition coefficient (Wildman–Crippen LogP) is 6.86. The van der Waals surface area contributed by atoms with Gasteiger partial charge in [0.2, 0.25) is 11.5 Å². The van der Waals surface area contributed by atoms with E-state index >= 15 is 0 Å². The van der Waals surface area contributed by atoms with Crippen LogP contribution < -0.4 is 16.6 Å². The summed E-state index contributed by atoms with van der Waals surface area (Å²) in [6, 6.07) is 14.3. The first-order valence-electron chi connectivity index (χ1n) is 29.5. The molecule has 5 aromatic rings. The van der Waals surface area contributed by atoms with Gasteiger partial charge in [-0.25, -0.2) is 19.3 Å². The van der Waals surface area contributed by atoms with Gasteiger partial charge in [-0.2, -0.15) is 0 Å². The van der Waals surface area contributed by atoms with Crippen molar-refractivity contribution in [2.45, 2.75) is 143 Å². The number of carbonyl (C=O) groups excluding carboxylic acids is 8. The monoisotopic (exact) mass is 1170 g/mol. The number of cyclic esters (lactones) is 1. The van der Waals surface area contributed by atoms with Crippen molar-refractivity contribution < 1.29 is 62.0 Å². The third kappa shape index (κ3) is 14.7. The highest BCUT2D eigenvalue weighted by atomic mass is 16.7. The molecule has 1 fully saturated rings. The van der Waals surface area contributed by atoms with Crippen molar-refractivity contribution in [2.75, 3.05) is 44.8 Å². The van der Waals surface area contributed by atoms with Crippen LogP contribution in [0.5, 0.6) is 0 Å². The number of imide groups is 1. The molecule has 3 aromatic heterocycles. The molecule has 1 aliphatic carbocycles. The third-order valence-corrected chi connectivity index (χ3v) is 16.6. The van der Waals surface area contributed by atoms with Crippen LogP contribution in [0.2, 0.25) is 0 Å². The molecule has 1 unspecified atom stereocenters. The molecule has 0 spiro atoms. The van der Waals surface area contributed by atoms with Gasteiger partial charge in [-0.05, 0) is 119 Å². The van der Waals surface area contributed by atoms with E-state index in [-0.39, 0.29) is 109 Å². The number of anilines is 1. The molecule has 450 valence electrons. The number of fused-ring (bicyclic) bond motifs is 5. The van der Waals surface area contributed by atoms with Crippen molar-refractivity contribution in [3.05, 3.63) is 116 Å². The lowest BCUT2D eigenvalue weighted by molar-refractivity contribution is -0.175. The van der Waals surface area contributed by atoms with E-state index in [4.69, 9.17) is 34.4 Å². The Labute approximate surface area is 492 Å². The van der Waals surface area contributed by atoms with Crippen molar-refractivity contribution in [3.8, 4) is 11.4 Å². The van der Waals surface area contributed by atoms with E-state index in [9.17, 15) is 43.2 Å². The molecule has 2 atom stereocenters. The van der Waals surface area contributed by atoms with Crippen LogP contribution in [-0.2, 0) is 102 Å². The molecule has 0 bridgehead atoms. The zero-order valence-corrected chi connectivity index (χ0v) is 48.5. The van der Waals surface area contributed by atoms with E-state index in [2.05, 4.69) is 28.6 Å². The molecule has 3 aliphatic heterocycles. The summed E-state index contributed by atoms with van der Waals surface area (Å²) in [4.78, 5) is 124. The average molecular weight is 1170 g/mol. The SMILES string of the molecule is CCc1c2c(nc3ccc(C)cc13)-c1cc3c(c(=O)n1C2)COC(=O)[C@@]3(CC)OC(=O)OCc1ccc(NC(=O)C(CCCCN)CC(=O)COCC(=O)CCCOCCn2cc(CCC(=O)C3CCC(CN4C(=O)C=CC4=O)CC3)nn2)cc1. The number of ketones is 3. The van der Waals surface area contributed by atoms with Crippen LogP contribution >= 0.6 is 0 Å². The molecule has 3 N–H and O–H groups in total. The Hall–Kier alpha value is -8.08. The number of pyridine rings is 2. The maximum Gasteiger partial charge on any atom is 0.510 e. The predicted molar refractivity (Wildman–Crippen MR) is 309 cm³/mol. The number of amides is 3. The highest BCUT2D eigenvalue weighted by Gasteiger charge is 2.51. The Morgan fingerprint density at radius 2 is 1.64 bits per heavy atom. The van der Waals surface area contributed by atoms with E-state index < -0.39 is 23.6 Å². The number of hydrogen-bond acceptors (Lipinski definition) is 18. The van der Waals surface area contributed by atoms with Crippen molar-refractivity contribution in [1.82, 2.24) is 29.4 Å². The fraction of sp³-hybridized carbons (Fsp3) is 0.492. The number of benzene rings is 2. The third-order valence-electron chi connectivity index (χ3n) is 16.6. The summed E-state index contributed by atoms with van der Waals surface area (Å²) in [7, 11) is 0. The van der Waals surface area contributed by atoms with Crippen LogP contribution in [0.3, 0.4) is 0 Å². The van der Waals surface area contributed by atoms with Gasteiger partial charge in [0.25, 0.3) is 17.4 Å². The Morgan fingerprint density at radius 1 is 0.871 bits per heavy atom. The Kier molecular flexibility index (Phi) is 20.4. The van der Waals surface area contributed by atoms with E-state index in [1.54, 1.807) is 52.7 Å². The van der Waals surface area contributed by atoms with Gasteiger partial charge in [0.05, 0.1) is 47.9 Å². The van der Waals surface area contributed by atoms with Gasteiger partial charge < -0.3 is 39.3 Å². The second kappa shape index (κ2) is 28.2. The van der Waals surface area contributed by atoms with E-state index in [0.29, 0.717) is 106 Å². The number of carbonyl (C=O) groups is 8. The maximum atomic E-state index is 14.2. The molecule has 22 heteroatoms. The molecule has 22 nitrogen and oxygen atoms in total. The number of rotatable bonds is 30. The fourth-order valence-corrected chi connectivity index (χ4v) is 11.8. The largest absolute Gasteiger partial charge is 0.510 e. The van der Waals surface area contributed by atoms with Gasteiger partial charge >= 0.3 is 12.1 Å². The standard InChI is InChI=1S/C63H74N8O14/c1-4-48-49-29-39(3)11-21-53(49)66-58-50(48)34-70-54(58)31-52-51(60(70)78)38-83-61(79)63(52,5-2)85-62(80)84-35-41-14-18-44(19-15-41)65-59(77)43(9-6-7-25-64)30-47(73)37-82-36-46(72)10-8-27-81-28-26-69-33-45(67-68-69)20-22-55(74)42-16-12-40(13-17-42)32-71-56(75)23-24-57(71)76/h11,14-15,18-19,21,23-24,29,31,33,40,42-43H,4-10,12-13,16-17,20,22,25-28,30,32,34-38,64H2,1-3H3,(H,65,77)/t40?,42?,43?,63-/m0/s1. The van der Waals surface area contributed by atoms with Gasteiger partial charge in [0.15, 0.2) is 11.6 Å². The summed E-state index contributed by atoms with van der Waals surface area (Å²) < 4.78 is 31.3. The second-order valence-electron chi connectivity index (χ2n) is 22.4. The minimum Gasteiger partial charge on any atom is -0.457 e. The zero-order valence-electron chi connectivity index (χ0n) is 48.5. The minimum absolute atomic E-state index is 0.0337. The number of Topliss-reactive ketones (excluding diaryl/α,β-unsaturated/α-hetero) is 3. The fourth-order valence-electron chi connectivity index (χ4n) is 11.8. The molecule has 0 radical (unpaired) electrons. The second-order valence-corrected chi connectivity index (χ2v) is 22.4. The smallest absolute Gasteiger partial charge is 0.457 e. The van der Waals surface area contributed by atoms with Crippen LogP contribution in [0, 0.1) is 24.7 Å². The topological polar surface area (TPSA) is 290 Å². The molecule has 0 saturated heterocycles. The summed E-state index contributed by atoms with van der Waals surface area (Å²) >= 11 is 0. The number of nitrogens with two attached hydrogens (primary N) is 1. The minimum atomic E-state index is -1.96. The van der Waals surface area contributed by atoms with E-state index in [1.807, 2.05) is 19.1 Å². The highest BCUT2D eigenvalue weighted by Crippen LogP contribution is 2.43. The lowest BCUT2D eigenvalue weighted by Crippen LogP contribution is -2.47. The van der Waals surface area contributed by atoms with Gasteiger partial charge in [0, 0.05) is 91.2 Å². The van der Waals surface area contributed by atoms with Crippen LogP contribution in [0.15, 0.2) is 71.7 Å². The number of unbranched alkanes of at least 4 members (excludes halogenated alkanes) is 1. The summed E-state index contributed by atoms with van der Waals surface area (Å²) in [6.45, 7) is 6.85. The van der Waals surface area contributed by atoms with Crippen LogP contribution in [0.25, 0.3) is 22.3 Å². The average Bonchev–Trinajstić information content (AvgIpc) is 1.74. The summed E-state index contributed by atoms with van der Waals surface area (Å²) in [5.74, 6) is -2.61. The number of ether oxygens (including phenoxy) is 5. The summed E-state index contributed by atoms with van der Waals surface area (Å²) in [6.07, 6.45) is 10.0. The molecule has 6 heterocycles. The Balaban J connectivity index is 0.669.